The number of nitrogens with one attached hydrogen (secondary N) is 2. The van der Waals surface area contributed by atoms with Gasteiger partial charge in [-0.05, 0) is 0 Å². The van der Waals surface area contributed by atoms with E-state index in [1.54, 1.807) is 0 Å². The van der Waals surface area contributed by atoms with E-state index in [0.29, 0.717) is 0 Å². The summed E-state index contributed by atoms with van der Waals surface area (Å²) in [4.78, 5) is 26.1. The molecule has 0 aliphatic carbocycles. The molecule has 21 heavy (non-hydrogen) atoms. The molecule has 0 saturated carbocycles. The fourth-order valence-electron chi connectivity index (χ4n) is 1.32. The van der Waals surface area contributed by atoms with Crippen molar-refractivity contribution in [3.8, 4) is 0 Å². The van der Waals surface area contributed by atoms with E-state index < -0.39 is 24.1 Å². The van der Waals surface area contributed by atoms with Gasteiger partial charge in [-0.15, -0.1) is 0 Å². The van der Waals surface area contributed by atoms with Gasteiger partial charge < -0.3 is 36.2 Å². The summed E-state index contributed by atoms with van der Waals surface area (Å²) in [6.45, 7) is -0.861. The minimum atomic E-state index is -1.26. The summed E-state index contributed by atoms with van der Waals surface area (Å²) < 4.78 is 4.79. The van der Waals surface area contributed by atoms with Crippen molar-refractivity contribution in [2.24, 2.45) is 5.73 Å². The Morgan fingerprint density at radius 2 is 2.10 bits per heavy atom. The maximum absolute atomic E-state index is 11.5. The van der Waals surface area contributed by atoms with E-state index in [0.717, 1.165) is 0 Å². The lowest BCUT2D eigenvalue weighted by Crippen LogP contribution is -2.46. The molecule has 1 aromatic heterocycles. The molecule has 11 nitrogen and oxygen atoms in total. The molecule has 0 aliphatic heterocycles. The second-order valence-electron chi connectivity index (χ2n) is 4.07. The number of aliphatic hydroxyl groups excluding tert-OH is 2. The van der Waals surface area contributed by atoms with E-state index in [2.05, 4.69) is 20.8 Å². The first-order valence-electron chi connectivity index (χ1n) is 6.04. The van der Waals surface area contributed by atoms with E-state index in [9.17, 15) is 9.59 Å². The predicted molar refractivity (Wildman–Crippen MR) is 66.8 cm³/mol. The quantitative estimate of drug-likeness (QED) is 0.307. The molecule has 1 aromatic rings. The molecule has 0 saturated heterocycles. The Hall–Kier alpha value is -2.24. The number of aliphatic carboxylic acids is 1. The summed E-state index contributed by atoms with van der Waals surface area (Å²) in [6, 6.07) is -2.74. The monoisotopic (exact) mass is 303 g/mol. The number of hydrogen-bond acceptors (Lipinski definition) is 8. The van der Waals surface area contributed by atoms with Gasteiger partial charge in [0.1, 0.15) is 6.04 Å². The van der Waals surface area contributed by atoms with Gasteiger partial charge in [0.15, 0.2) is 5.82 Å². The molecule has 2 atom stereocenters. The fraction of sp³-hybridized carbons (Fsp3) is 0.600. The molecule has 118 valence electrons. The van der Waals surface area contributed by atoms with Crippen LogP contribution in [0.15, 0.2) is 4.52 Å². The van der Waals surface area contributed by atoms with E-state index in [1.165, 1.54) is 0 Å². The third kappa shape index (κ3) is 5.33. The highest BCUT2D eigenvalue weighted by Gasteiger charge is 2.19. The van der Waals surface area contributed by atoms with Crippen LogP contribution in [0.4, 0.5) is 4.79 Å². The summed E-state index contributed by atoms with van der Waals surface area (Å²) >= 11 is 0. The lowest BCUT2D eigenvalue weighted by molar-refractivity contribution is -0.139. The molecule has 11 heteroatoms. The number of rotatable bonds is 8. The minimum Gasteiger partial charge on any atom is -0.480 e. The van der Waals surface area contributed by atoms with Gasteiger partial charge in [-0.3, -0.25) is 0 Å². The van der Waals surface area contributed by atoms with Gasteiger partial charge >= 0.3 is 12.0 Å². The number of carbonyl (C=O) groups is 2. The van der Waals surface area contributed by atoms with E-state index in [4.69, 9.17) is 25.6 Å². The molecule has 7 N–H and O–H groups in total. The molecule has 1 heterocycles. The Morgan fingerprint density at radius 1 is 1.38 bits per heavy atom. The lowest BCUT2D eigenvalue weighted by atomic mass is 10.2. The molecule has 0 spiro atoms. The van der Waals surface area contributed by atoms with Crippen molar-refractivity contribution in [1.82, 2.24) is 20.8 Å². The van der Waals surface area contributed by atoms with Crippen LogP contribution < -0.4 is 16.4 Å². The van der Waals surface area contributed by atoms with E-state index in [1.807, 2.05) is 0 Å². The summed E-state index contributed by atoms with van der Waals surface area (Å²) in [5.41, 5.74) is 5.47. The van der Waals surface area contributed by atoms with E-state index in [-0.39, 0.29) is 37.9 Å². The smallest absolute Gasteiger partial charge is 0.326 e. The first-order chi connectivity index (χ1) is 9.97. The van der Waals surface area contributed by atoms with Gasteiger partial charge in [0.05, 0.1) is 19.2 Å². The molecule has 2 amide bonds. The van der Waals surface area contributed by atoms with Crippen molar-refractivity contribution >= 4 is 12.0 Å². The van der Waals surface area contributed by atoms with Crippen LogP contribution >= 0.6 is 0 Å². The number of nitrogens with two attached hydrogens (primary N) is 1. The van der Waals surface area contributed by atoms with Gasteiger partial charge in [-0.1, -0.05) is 5.16 Å². The second kappa shape index (κ2) is 8.14. The van der Waals surface area contributed by atoms with Crippen LogP contribution in [0.1, 0.15) is 24.2 Å². The SMILES string of the molecule is N[C@@H](CO)c1noc(CNC(=O)N[C@@H](CCO)C(=O)O)n1. The number of carboxylic acids is 1. The van der Waals surface area contributed by atoms with Crippen LogP contribution in [-0.4, -0.2) is 56.7 Å². The van der Waals surface area contributed by atoms with Gasteiger partial charge in [0.25, 0.3) is 0 Å². The summed E-state index contributed by atoms with van der Waals surface area (Å²) in [5, 5.41) is 34.3. The molecule has 0 aromatic carbocycles. The van der Waals surface area contributed by atoms with Crippen LogP contribution in [0, 0.1) is 0 Å². The Labute approximate surface area is 119 Å². The average Bonchev–Trinajstić information content (AvgIpc) is 2.92. The number of urea groups is 1. The third-order valence-corrected chi connectivity index (χ3v) is 2.43. The Bertz CT molecular complexity index is 478. The highest BCUT2D eigenvalue weighted by atomic mass is 16.5. The zero-order valence-electron chi connectivity index (χ0n) is 11.0. The largest absolute Gasteiger partial charge is 0.480 e. The van der Waals surface area contributed by atoms with E-state index >= 15 is 0 Å². The number of aliphatic hydroxyl groups is 2. The first kappa shape index (κ1) is 16.8. The fourth-order valence-corrected chi connectivity index (χ4v) is 1.32. The Morgan fingerprint density at radius 3 is 2.67 bits per heavy atom. The maximum Gasteiger partial charge on any atom is 0.326 e. The Kier molecular flexibility index (Phi) is 6.52. The molecule has 1 rings (SSSR count). The van der Waals surface area contributed by atoms with Crippen LogP contribution in [0.3, 0.4) is 0 Å². The molecular weight excluding hydrogens is 286 g/mol. The van der Waals surface area contributed by atoms with Gasteiger partial charge in [0.2, 0.25) is 5.89 Å². The highest BCUT2D eigenvalue weighted by molar-refractivity contribution is 5.82. The second-order valence-corrected chi connectivity index (χ2v) is 4.07. The van der Waals surface area contributed by atoms with Gasteiger partial charge in [-0.25, -0.2) is 9.59 Å². The minimum absolute atomic E-state index is 0.0538. The molecule has 0 fully saturated rings. The number of hydrogen-bond donors (Lipinski definition) is 6. The van der Waals surface area contributed by atoms with Crippen molar-refractivity contribution < 1.29 is 29.4 Å². The van der Waals surface area contributed by atoms with Crippen molar-refractivity contribution in [3.05, 3.63) is 11.7 Å². The predicted octanol–water partition coefficient (Wildman–Crippen LogP) is -2.30. The maximum atomic E-state index is 11.5. The highest BCUT2D eigenvalue weighted by Crippen LogP contribution is 2.04. The summed E-state index contributed by atoms with van der Waals surface area (Å²) in [5.74, 6) is -1.11. The number of aromatic nitrogens is 2. The number of carbonyl (C=O) groups excluding carboxylic acids is 1. The van der Waals surface area contributed by atoms with Crippen LogP contribution in [0.5, 0.6) is 0 Å². The number of amides is 2. The summed E-state index contributed by atoms with van der Waals surface area (Å²) in [6.07, 6.45) is -0.112. The molecular formula is C10H17N5O6. The topological polar surface area (TPSA) is 184 Å². The number of carboxylic acid groups (broad SMARTS) is 1. The molecule has 0 radical (unpaired) electrons. The zero-order valence-corrected chi connectivity index (χ0v) is 11.0. The van der Waals surface area contributed by atoms with Crippen LogP contribution in [0.25, 0.3) is 0 Å². The standard InChI is InChI=1S/C10H17N5O6/c11-5(4-17)8-14-7(21-15-8)3-12-10(20)13-6(1-2-16)9(18)19/h5-6,16-17H,1-4,11H2,(H,18,19)(H2,12,13,20)/t5-,6-/m0/s1. The van der Waals surface area contributed by atoms with Gasteiger partial charge in [0, 0.05) is 13.0 Å². The number of nitrogens with zero attached hydrogens (tertiary/aromatic N) is 2. The normalized spacial score (nSPS) is 13.5. The third-order valence-electron chi connectivity index (χ3n) is 2.43. The average molecular weight is 303 g/mol. The van der Waals surface area contributed by atoms with Crippen LogP contribution in [0.2, 0.25) is 0 Å². The van der Waals surface area contributed by atoms with Crippen molar-refractivity contribution in [3.63, 3.8) is 0 Å². The molecule has 0 bridgehead atoms. The zero-order chi connectivity index (χ0) is 15.8. The lowest BCUT2D eigenvalue weighted by Gasteiger charge is -2.13. The van der Waals surface area contributed by atoms with Gasteiger partial charge in [-0.2, -0.15) is 4.98 Å². The van der Waals surface area contributed by atoms with Crippen molar-refractivity contribution in [2.45, 2.75) is 25.0 Å². The summed E-state index contributed by atoms with van der Waals surface area (Å²) in [7, 11) is 0. The van der Waals surface area contributed by atoms with Crippen molar-refractivity contribution in [2.75, 3.05) is 13.2 Å². The molecule has 0 aliphatic rings. The van der Waals surface area contributed by atoms with Crippen molar-refractivity contribution in [1.29, 1.82) is 0 Å². The Balaban J connectivity index is 2.45. The molecule has 0 unspecified atom stereocenters. The van der Waals surface area contributed by atoms with Crippen LogP contribution in [-0.2, 0) is 11.3 Å². The first-order valence-corrected chi connectivity index (χ1v) is 6.04.